The van der Waals surface area contributed by atoms with E-state index in [4.69, 9.17) is 0 Å². The molecule has 2 heterocycles. The van der Waals surface area contributed by atoms with Crippen LogP contribution < -0.4 is 10.2 Å². The predicted molar refractivity (Wildman–Crippen MR) is 107 cm³/mol. The maximum Gasteiger partial charge on any atom is 0.227 e. The molecule has 0 aliphatic rings. The Labute approximate surface area is 155 Å². The minimum absolute atomic E-state index is 0.727. The number of nitrogens with one attached hydrogen (secondary N) is 1. The molecule has 0 atom stereocenters. The van der Waals surface area contributed by atoms with Crippen LogP contribution in [0.4, 0.5) is 17.5 Å². The van der Waals surface area contributed by atoms with Crippen molar-refractivity contribution in [1.82, 2.24) is 15.0 Å². The number of anilines is 3. The van der Waals surface area contributed by atoms with E-state index >= 15 is 0 Å². The van der Waals surface area contributed by atoms with E-state index in [2.05, 4.69) is 57.2 Å². The number of aryl methyl sites for hydroxylation is 3. The third kappa shape index (κ3) is 4.57. The van der Waals surface area contributed by atoms with E-state index in [-0.39, 0.29) is 0 Å². The van der Waals surface area contributed by atoms with Gasteiger partial charge in [-0.3, -0.25) is 4.98 Å². The monoisotopic (exact) mass is 347 g/mol. The Bertz CT molecular complexity index is 877. The summed E-state index contributed by atoms with van der Waals surface area (Å²) in [6, 6.07) is 12.4. The number of rotatable bonds is 6. The van der Waals surface area contributed by atoms with Crippen LogP contribution in [0.1, 0.15) is 22.4 Å². The first kappa shape index (κ1) is 17.9. The van der Waals surface area contributed by atoms with Crippen molar-refractivity contribution in [1.29, 1.82) is 0 Å². The van der Waals surface area contributed by atoms with E-state index in [1.807, 2.05) is 44.6 Å². The summed E-state index contributed by atoms with van der Waals surface area (Å²) in [6.45, 7) is 7.07. The van der Waals surface area contributed by atoms with Crippen molar-refractivity contribution in [3.8, 4) is 0 Å². The first-order chi connectivity index (χ1) is 12.5. The van der Waals surface area contributed by atoms with Crippen LogP contribution in [-0.4, -0.2) is 28.5 Å². The second-order valence-corrected chi connectivity index (χ2v) is 6.65. The van der Waals surface area contributed by atoms with Crippen LogP contribution in [0, 0.1) is 20.8 Å². The molecule has 5 heteroatoms. The zero-order valence-corrected chi connectivity index (χ0v) is 15.8. The molecule has 0 saturated heterocycles. The van der Waals surface area contributed by atoms with Gasteiger partial charge in [-0.15, -0.1) is 0 Å². The molecule has 134 valence electrons. The van der Waals surface area contributed by atoms with Gasteiger partial charge in [0.1, 0.15) is 5.82 Å². The minimum Gasteiger partial charge on any atom is -0.343 e. The molecule has 2 aromatic heterocycles. The van der Waals surface area contributed by atoms with Gasteiger partial charge in [-0.25, -0.2) is 4.98 Å². The number of aromatic nitrogens is 3. The van der Waals surface area contributed by atoms with Crippen molar-refractivity contribution in [2.24, 2.45) is 0 Å². The fraction of sp³-hybridized carbons (Fsp3) is 0.286. The lowest BCUT2D eigenvalue weighted by atomic mass is 10.1. The van der Waals surface area contributed by atoms with Crippen LogP contribution in [0.15, 0.2) is 48.8 Å². The van der Waals surface area contributed by atoms with Crippen molar-refractivity contribution >= 4 is 17.5 Å². The van der Waals surface area contributed by atoms with E-state index in [1.165, 1.54) is 16.7 Å². The summed E-state index contributed by atoms with van der Waals surface area (Å²) < 4.78 is 0. The van der Waals surface area contributed by atoms with Crippen LogP contribution in [0.25, 0.3) is 0 Å². The number of hydrogen-bond acceptors (Lipinski definition) is 5. The standard InChI is InChI=1S/C21H25N5/c1-15-5-6-19(13-16(15)2)24-20-14-17(3)23-21(25-20)26(4)12-9-18-7-10-22-11-8-18/h5-8,10-11,13-14H,9,12H2,1-4H3,(H,23,24,25). The van der Waals surface area contributed by atoms with E-state index in [0.29, 0.717) is 0 Å². The second kappa shape index (κ2) is 7.95. The van der Waals surface area contributed by atoms with Crippen molar-refractivity contribution < 1.29 is 0 Å². The quantitative estimate of drug-likeness (QED) is 0.723. The molecule has 5 nitrogen and oxygen atoms in total. The zero-order valence-electron chi connectivity index (χ0n) is 15.8. The van der Waals surface area contributed by atoms with Gasteiger partial charge in [0.05, 0.1) is 0 Å². The van der Waals surface area contributed by atoms with Crippen molar-refractivity contribution in [2.45, 2.75) is 27.2 Å². The number of hydrogen-bond donors (Lipinski definition) is 1. The third-order valence-electron chi connectivity index (χ3n) is 4.45. The number of pyridine rings is 1. The van der Waals surface area contributed by atoms with E-state index in [1.54, 1.807) is 0 Å². The molecule has 0 saturated carbocycles. The Morgan fingerprint density at radius 3 is 2.42 bits per heavy atom. The summed E-state index contributed by atoms with van der Waals surface area (Å²) >= 11 is 0. The topological polar surface area (TPSA) is 53.9 Å². The predicted octanol–water partition coefficient (Wildman–Crippen LogP) is 4.22. The van der Waals surface area contributed by atoms with Crippen LogP contribution in [0.2, 0.25) is 0 Å². The largest absolute Gasteiger partial charge is 0.343 e. The number of likely N-dealkylation sites (N-methyl/N-ethyl adjacent to an activating group) is 1. The Morgan fingerprint density at radius 2 is 1.69 bits per heavy atom. The van der Waals surface area contributed by atoms with Crippen LogP contribution in [0.5, 0.6) is 0 Å². The molecule has 0 spiro atoms. The molecular formula is C21H25N5. The number of benzene rings is 1. The van der Waals surface area contributed by atoms with Gasteiger partial charge in [-0.05, 0) is 68.1 Å². The number of nitrogens with zero attached hydrogens (tertiary/aromatic N) is 4. The average Bonchev–Trinajstić information content (AvgIpc) is 2.63. The summed E-state index contributed by atoms with van der Waals surface area (Å²) in [7, 11) is 2.02. The Morgan fingerprint density at radius 1 is 0.923 bits per heavy atom. The highest BCUT2D eigenvalue weighted by Gasteiger charge is 2.08. The lowest BCUT2D eigenvalue weighted by Gasteiger charge is -2.18. The molecule has 0 amide bonds. The van der Waals surface area contributed by atoms with Crippen molar-refractivity contribution in [3.63, 3.8) is 0 Å². The maximum atomic E-state index is 4.68. The molecule has 0 aliphatic heterocycles. The summed E-state index contributed by atoms with van der Waals surface area (Å²) in [5.74, 6) is 1.54. The maximum absolute atomic E-state index is 4.68. The van der Waals surface area contributed by atoms with Gasteiger partial charge < -0.3 is 10.2 Å². The van der Waals surface area contributed by atoms with E-state index in [0.717, 1.165) is 36.1 Å². The Kier molecular flexibility index (Phi) is 5.46. The van der Waals surface area contributed by atoms with E-state index in [9.17, 15) is 0 Å². The fourth-order valence-corrected chi connectivity index (χ4v) is 2.70. The van der Waals surface area contributed by atoms with Gasteiger partial charge in [0.15, 0.2) is 0 Å². The fourth-order valence-electron chi connectivity index (χ4n) is 2.70. The SMILES string of the molecule is Cc1cc(Nc2ccc(C)c(C)c2)nc(N(C)CCc2ccncc2)n1. The molecular weight excluding hydrogens is 322 g/mol. The highest BCUT2D eigenvalue weighted by atomic mass is 15.2. The van der Waals surface area contributed by atoms with Crippen molar-refractivity contribution in [2.75, 3.05) is 23.8 Å². The summed E-state index contributed by atoms with van der Waals surface area (Å²) in [5, 5.41) is 3.40. The second-order valence-electron chi connectivity index (χ2n) is 6.65. The van der Waals surface area contributed by atoms with Gasteiger partial charge in [-0.1, -0.05) is 6.07 Å². The molecule has 0 unspecified atom stereocenters. The minimum atomic E-state index is 0.727. The molecule has 3 rings (SSSR count). The highest BCUT2D eigenvalue weighted by molar-refractivity contribution is 5.59. The van der Waals surface area contributed by atoms with Crippen LogP contribution in [-0.2, 0) is 6.42 Å². The van der Waals surface area contributed by atoms with Gasteiger partial charge in [0.2, 0.25) is 5.95 Å². The molecule has 0 aliphatic carbocycles. The molecule has 0 fully saturated rings. The van der Waals surface area contributed by atoms with Gasteiger partial charge in [-0.2, -0.15) is 4.98 Å². The van der Waals surface area contributed by atoms with Gasteiger partial charge in [0, 0.05) is 43.4 Å². The Hall–Kier alpha value is -2.95. The highest BCUT2D eigenvalue weighted by Crippen LogP contribution is 2.20. The zero-order chi connectivity index (χ0) is 18.5. The first-order valence-corrected chi connectivity index (χ1v) is 8.81. The lowest BCUT2D eigenvalue weighted by Crippen LogP contribution is -2.23. The van der Waals surface area contributed by atoms with Crippen molar-refractivity contribution in [3.05, 3.63) is 71.2 Å². The van der Waals surface area contributed by atoms with Gasteiger partial charge >= 0.3 is 0 Å². The lowest BCUT2D eigenvalue weighted by molar-refractivity contribution is 0.833. The summed E-state index contributed by atoms with van der Waals surface area (Å²) in [5.41, 5.74) is 5.78. The smallest absolute Gasteiger partial charge is 0.227 e. The Balaban J connectivity index is 1.73. The van der Waals surface area contributed by atoms with Gasteiger partial charge in [0.25, 0.3) is 0 Å². The van der Waals surface area contributed by atoms with Crippen LogP contribution in [0.3, 0.4) is 0 Å². The molecule has 26 heavy (non-hydrogen) atoms. The molecule has 1 aromatic carbocycles. The van der Waals surface area contributed by atoms with Crippen LogP contribution >= 0.6 is 0 Å². The molecule has 3 aromatic rings. The molecule has 0 radical (unpaired) electrons. The summed E-state index contributed by atoms with van der Waals surface area (Å²) in [6.07, 6.45) is 4.57. The molecule has 1 N–H and O–H groups in total. The summed E-state index contributed by atoms with van der Waals surface area (Å²) in [4.78, 5) is 15.4. The third-order valence-corrected chi connectivity index (χ3v) is 4.45. The first-order valence-electron chi connectivity index (χ1n) is 8.81. The molecule has 0 bridgehead atoms. The normalized spacial score (nSPS) is 10.6. The average molecular weight is 347 g/mol. The van der Waals surface area contributed by atoms with E-state index < -0.39 is 0 Å².